The molecule has 1 aliphatic heterocycles. The summed E-state index contributed by atoms with van der Waals surface area (Å²) in [7, 11) is 0. The number of nitrogens with zero attached hydrogens (tertiary/aromatic N) is 1. The second kappa shape index (κ2) is 36.4. The van der Waals surface area contributed by atoms with E-state index in [-0.39, 0.29) is 63.5 Å². The monoisotopic (exact) mass is 1390 g/mol. The Hall–Kier alpha value is -9.92. The highest BCUT2D eigenvalue weighted by Crippen LogP contribution is 2.37. The molecule has 546 valence electrons. The van der Waals surface area contributed by atoms with Crippen LogP contribution in [0, 0.1) is 11.3 Å². The molecule has 6 rings (SSSR count). The number of hydrazine groups is 1. The van der Waals surface area contributed by atoms with Gasteiger partial charge in [0.1, 0.15) is 53.1 Å². The van der Waals surface area contributed by atoms with Crippen LogP contribution in [0.3, 0.4) is 0 Å². The van der Waals surface area contributed by atoms with Gasteiger partial charge in [-0.25, -0.2) is 15.0 Å². The Morgan fingerprint density at radius 1 is 0.594 bits per heavy atom. The molecular weight excluding hydrogens is 1290 g/mol. The maximum absolute atomic E-state index is 15.7. The summed E-state index contributed by atoms with van der Waals surface area (Å²) in [4.78, 5) is 132. The van der Waals surface area contributed by atoms with E-state index in [1.807, 2.05) is 145 Å². The zero-order chi connectivity index (χ0) is 74.4. The summed E-state index contributed by atoms with van der Waals surface area (Å²) in [5, 5.41) is 36.4. The quantitative estimate of drug-likeness (QED) is 0.00831. The van der Waals surface area contributed by atoms with Gasteiger partial charge in [0, 0.05) is 25.9 Å². The van der Waals surface area contributed by atoms with Crippen LogP contribution < -0.4 is 64.3 Å². The summed E-state index contributed by atoms with van der Waals surface area (Å²) in [6.45, 7) is 21.7. The Morgan fingerprint density at radius 3 is 1.62 bits per heavy atom. The third-order valence-electron chi connectivity index (χ3n) is 16.2. The number of rotatable bonds is 32. The Bertz CT molecular complexity index is 3490. The molecule has 0 aliphatic carbocycles. The molecule has 0 spiro atoms. The fraction of sp³-hybridized carbons (Fsp3) is 0.467. The van der Waals surface area contributed by atoms with Crippen molar-refractivity contribution >= 4 is 59.3 Å². The lowest BCUT2D eigenvalue weighted by molar-refractivity contribution is -0.143. The molecule has 0 unspecified atom stereocenters. The van der Waals surface area contributed by atoms with Gasteiger partial charge in [-0.15, -0.1) is 0 Å². The van der Waals surface area contributed by atoms with Crippen molar-refractivity contribution in [2.45, 2.75) is 205 Å². The molecule has 9 atom stereocenters. The van der Waals surface area contributed by atoms with Gasteiger partial charge < -0.3 is 72.9 Å². The van der Waals surface area contributed by atoms with Crippen LogP contribution in [0.2, 0.25) is 0 Å². The highest BCUT2D eigenvalue weighted by Gasteiger charge is 2.46. The highest BCUT2D eigenvalue weighted by atomic mass is 16.5. The number of guanidine groups is 1. The Balaban J connectivity index is 1.35. The largest absolute Gasteiger partial charge is 0.488 e. The molecule has 9 amide bonds. The number of hydrogen-bond donors (Lipinski definition) is 13. The van der Waals surface area contributed by atoms with Crippen LogP contribution in [-0.2, 0) is 66.2 Å². The topological polar surface area (TPSA) is 389 Å². The molecular formula is C75H103N13O13. The zero-order valence-corrected chi connectivity index (χ0v) is 59.9. The van der Waals surface area contributed by atoms with Gasteiger partial charge in [0.2, 0.25) is 35.4 Å². The van der Waals surface area contributed by atoms with E-state index < -0.39 is 137 Å². The lowest BCUT2D eigenvalue weighted by Crippen LogP contribution is -2.63. The van der Waals surface area contributed by atoms with Crippen LogP contribution in [0.1, 0.15) is 143 Å². The van der Waals surface area contributed by atoms with Crippen LogP contribution in [0.4, 0.5) is 4.79 Å². The molecule has 5 aromatic rings. The minimum Gasteiger partial charge on any atom is -0.488 e. The van der Waals surface area contributed by atoms with Crippen molar-refractivity contribution in [2.24, 2.45) is 17.4 Å². The van der Waals surface area contributed by atoms with Crippen molar-refractivity contribution in [3.05, 3.63) is 173 Å². The number of carbonyl (C=O) groups is 9. The lowest BCUT2D eigenvalue weighted by atomic mass is 9.77. The van der Waals surface area contributed by atoms with Gasteiger partial charge in [-0.2, -0.15) is 0 Å². The maximum atomic E-state index is 15.7. The number of urea groups is 1. The average molecular weight is 1390 g/mol. The summed E-state index contributed by atoms with van der Waals surface area (Å²) in [6, 6.07) is 32.2. The molecule has 15 N–H and O–H groups in total. The van der Waals surface area contributed by atoms with Crippen molar-refractivity contribution in [3.63, 3.8) is 0 Å². The number of carboxylic acid groups (broad SMARTS) is 1. The minimum absolute atomic E-state index is 0.0347. The van der Waals surface area contributed by atoms with Gasteiger partial charge in [0.05, 0.1) is 35.9 Å². The summed E-state index contributed by atoms with van der Waals surface area (Å²) >= 11 is 0. The highest BCUT2D eigenvalue weighted by molar-refractivity contribution is 5.99. The van der Waals surface area contributed by atoms with E-state index >= 15 is 19.2 Å². The molecule has 0 bridgehead atoms. The normalized spacial score (nSPS) is 16.1. The standard InChI is InChI=1S/C75H103N13O13/c1-46(2)40-57(63(90)80-56(69(96)97)34-25-39-79-70(77)78)83-71(98)87-86-65(92)58(42-48-26-17-13-18-27-48)82-67(94)62(47(3)99-72(4,5)6)84-64(91)59(44-61(89)85-75(50-28-19-14-20-29-50,51-30-21-15-22-31-51)52-32-23-16-24-33-52)81-66(93)60-43-54(101-74(10,11)12)45-88(60)68(95)55(76)41-49-35-37-53(38-36-49)100-73(7,8)9/h13-24,26-33,35-38,46-47,54-60,62H,25,34,39-45,76H2,1-12H3,(H,80,90)(H,81,93)(H,82,94)(H,84,91)(H,85,89)(H,86,92)(H,96,97)(H4,77,78,79)(H2,83,87,98)/t47-,54-,55-,56+,57+,58+,59+,60+,62+/m1/s1. The third-order valence-corrected chi connectivity index (χ3v) is 16.2. The molecule has 1 fully saturated rings. The molecule has 1 saturated heterocycles. The van der Waals surface area contributed by atoms with Crippen LogP contribution in [0.25, 0.3) is 0 Å². The minimum atomic E-state index is -1.81. The summed E-state index contributed by atoms with van der Waals surface area (Å²) < 4.78 is 18.8. The number of benzene rings is 5. The number of amides is 9. The third kappa shape index (κ3) is 25.3. The van der Waals surface area contributed by atoms with Crippen LogP contribution in [0.15, 0.2) is 146 Å². The van der Waals surface area contributed by atoms with E-state index in [9.17, 15) is 29.1 Å². The van der Waals surface area contributed by atoms with Crippen molar-refractivity contribution in [1.29, 1.82) is 5.41 Å². The number of carboxylic acids is 1. The summed E-state index contributed by atoms with van der Waals surface area (Å²) in [6.07, 6.45) is -2.54. The number of nitrogens with two attached hydrogens (primary N) is 2. The number of likely N-dealkylation sites (tertiary alicyclic amines) is 1. The second-order valence-electron chi connectivity index (χ2n) is 28.7. The number of hydrogen-bond acceptors (Lipinski definition) is 14. The summed E-state index contributed by atoms with van der Waals surface area (Å²) in [5.74, 6) is -7.16. The predicted octanol–water partition coefficient (Wildman–Crippen LogP) is 5.50. The van der Waals surface area contributed by atoms with E-state index in [2.05, 4.69) is 48.1 Å². The lowest BCUT2D eigenvalue weighted by Gasteiger charge is -2.37. The molecule has 26 heteroatoms. The second-order valence-corrected chi connectivity index (χ2v) is 28.7. The fourth-order valence-corrected chi connectivity index (χ4v) is 11.9. The first-order chi connectivity index (χ1) is 47.5. The zero-order valence-electron chi connectivity index (χ0n) is 59.9. The SMILES string of the molecule is CC(C)C[C@H](NC(=O)NNC(=O)[C@H](Cc1ccccc1)NC(=O)[C@@H](NC(=O)[C@H](CC(=O)NC(c1ccccc1)(c1ccccc1)c1ccccc1)NC(=O)[C@@H]1C[C@@H](OC(C)(C)C)CN1C(=O)[C@H](N)Cc1ccc(OC(C)(C)C)cc1)[C@@H](C)OC(C)(C)C)C(=O)N[C@@H](CCCNC(=N)N)C(=O)O. The van der Waals surface area contributed by atoms with Crippen molar-refractivity contribution in [3.8, 4) is 5.75 Å². The van der Waals surface area contributed by atoms with E-state index in [4.69, 9.17) is 31.1 Å². The Labute approximate surface area is 592 Å². The number of aliphatic carboxylic acids is 1. The Kier molecular flexibility index (Phi) is 28.9. The number of ether oxygens (including phenoxy) is 3. The van der Waals surface area contributed by atoms with E-state index in [1.54, 1.807) is 77.1 Å². The average Bonchev–Trinajstić information content (AvgIpc) is 1.33. The number of nitrogens with one attached hydrogen (secondary N) is 10. The first kappa shape index (κ1) is 80.1. The molecule has 1 heterocycles. The van der Waals surface area contributed by atoms with Crippen molar-refractivity contribution in [1.82, 2.24) is 53.0 Å². The molecule has 101 heavy (non-hydrogen) atoms. The van der Waals surface area contributed by atoms with Gasteiger partial charge in [0.25, 0.3) is 5.91 Å². The van der Waals surface area contributed by atoms with Gasteiger partial charge in [-0.3, -0.25) is 44.4 Å². The first-order valence-corrected chi connectivity index (χ1v) is 34.1. The van der Waals surface area contributed by atoms with Gasteiger partial charge in [-0.1, -0.05) is 147 Å². The van der Waals surface area contributed by atoms with Crippen LogP contribution in [0.5, 0.6) is 5.75 Å². The van der Waals surface area contributed by atoms with Gasteiger partial charge >= 0.3 is 12.0 Å². The molecule has 0 aromatic heterocycles. The molecule has 0 radical (unpaired) electrons. The maximum Gasteiger partial charge on any atom is 0.334 e. The molecule has 0 saturated carbocycles. The van der Waals surface area contributed by atoms with E-state index in [0.29, 0.717) is 28.0 Å². The molecule has 1 aliphatic rings. The van der Waals surface area contributed by atoms with E-state index in [1.165, 1.54) is 11.8 Å². The van der Waals surface area contributed by atoms with Gasteiger partial charge in [-0.05, 0) is 141 Å². The molecule has 5 aromatic carbocycles. The van der Waals surface area contributed by atoms with E-state index in [0.717, 1.165) is 5.56 Å². The predicted molar refractivity (Wildman–Crippen MR) is 383 cm³/mol. The van der Waals surface area contributed by atoms with Gasteiger partial charge in [0.15, 0.2) is 5.96 Å². The smallest absolute Gasteiger partial charge is 0.334 e. The molecule has 26 nitrogen and oxygen atoms in total. The van der Waals surface area contributed by atoms with Crippen LogP contribution in [-0.4, -0.2) is 154 Å². The fourth-order valence-electron chi connectivity index (χ4n) is 11.9. The van der Waals surface area contributed by atoms with Crippen LogP contribution >= 0.6 is 0 Å². The Morgan fingerprint density at radius 2 is 1.12 bits per heavy atom. The number of carbonyl (C=O) groups excluding carboxylic acids is 8. The van der Waals surface area contributed by atoms with Crippen molar-refractivity contribution in [2.75, 3.05) is 13.1 Å². The first-order valence-electron chi connectivity index (χ1n) is 34.1. The summed E-state index contributed by atoms with van der Waals surface area (Å²) in [5.41, 5.74) is 16.3. The van der Waals surface area contributed by atoms with Crippen molar-refractivity contribution < 1.29 is 62.5 Å².